The van der Waals surface area contributed by atoms with Crippen molar-refractivity contribution in [1.82, 2.24) is 4.90 Å². The van der Waals surface area contributed by atoms with Gasteiger partial charge in [0.15, 0.2) is 0 Å². The van der Waals surface area contributed by atoms with Gasteiger partial charge in [0, 0.05) is 31.6 Å². The van der Waals surface area contributed by atoms with Gasteiger partial charge in [-0.05, 0) is 38.8 Å². The number of rotatable bonds is 2. The van der Waals surface area contributed by atoms with Crippen LogP contribution in [0, 0.1) is 0 Å². The maximum atomic E-state index is 12.1. The molecule has 0 aliphatic carbocycles. The minimum atomic E-state index is -0.483. The summed E-state index contributed by atoms with van der Waals surface area (Å²) in [5.41, 5.74) is 1.42. The molecule has 0 aromatic heterocycles. The van der Waals surface area contributed by atoms with Gasteiger partial charge >= 0.3 is 6.09 Å². The molecule has 22 heavy (non-hydrogen) atoms. The lowest BCUT2D eigenvalue weighted by Crippen LogP contribution is -2.35. The first-order valence-electron chi connectivity index (χ1n) is 7.61. The lowest BCUT2D eigenvalue weighted by Gasteiger charge is -2.24. The van der Waals surface area contributed by atoms with Crippen molar-refractivity contribution in [2.75, 3.05) is 18.4 Å². The molecule has 1 aliphatic rings. The highest BCUT2D eigenvalue weighted by Gasteiger charge is 2.31. The zero-order valence-electron chi connectivity index (χ0n) is 13.7. The molecule has 2 rings (SSSR count). The van der Waals surface area contributed by atoms with Crippen LogP contribution in [-0.2, 0) is 9.53 Å². The smallest absolute Gasteiger partial charge is 0.410 e. The summed E-state index contributed by atoms with van der Waals surface area (Å²) in [7, 11) is 0. The number of likely N-dealkylation sites (tertiary alicyclic amines) is 1. The second-order valence-corrected chi connectivity index (χ2v) is 6.68. The lowest BCUT2D eigenvalue weighted by atomic mass is 9.96. The minimum absolute atomic E-state index is 0.0885. The molecule has 2 amide bonds. The fourth-order valence-corrected chi connectivity index (χ4v) is 2.66. The largest absolute Gasteiger partial charge is 0.444 e. The van der Waals surface area contributed by atoms with Gasteiger partial charge in [-0.15, -0.1) is 0 Å². The first-order chi connectivity index (χ1) is 10.3. The monoisotopic (exact) mass is 304 g/mol. The van der Waals surface area contributed by atoms with E-state index < -0.39 is 5.60 Å². The molecule has 1 saturated heterocycles. The van der Waals surface area contributed by atoms with E-state index in [2.05, 4.69) is 5.32 Å². The molecule has 1 aromatic carbocycles. The highest BCUT2D eigenvalue weighted by molar-refractivity contribution is 5.89. The quantitative estimate of drug-likeness (QED) is 0.911. The van der Waals surface area contributed by atoms with Crippen LogP contribution < -0.4 is 5.32 Å². The maximum absolute atomic E-state index is 12.1. The number of hydrogen-bond donors (Lipinski definition) is 1. The number of benzene rings is 1. The van der Waals surface area contributed by atoms with Crippen LogP contribution in [0.25, 0.3) is 0 Å². The molecular weight excluding hydrogens is 280 g/mol. The Morgan fingerprint density at radius 2 is 1.95 bits per heavy atom. The van der Waals surface area contributed by atoms with Crippen molar-refractivity contribution < 1.29 is 14.3 Å². The van der Waals surface area contributed by atoms with E-state index >= 15 is 0 Å². The van der Waals surface area contributed by atoms with Gasteiger partial charge in [-0.2, -0.15) is 0 Å². The van der Waals surface area contributed by atoms with Crippen LogP contribution in [0.1, 0.15) is 45.6 Å². The third-order valence-electron chi connectivity index (χ3n) is 3.55. The molecule has 1 atom stereocenters. The molecule has 5 nitrogen and oxygen atoms in total. The van der Waals surface area contributed by atoms with Gasteiger partial charge in [0.2, 0.25) is 5.91 Å². The molecular formula is C17H24N2O3. The number of para-hydroxylation sites is 1. The molecule has 0 spiro atoms. The van der Waals surface area contributed by atoms with E-state index in [4.69, 9.17) is 4.74 Å². The van der Waals surface area contributed by atoms with Gasteiger partial charge in [0.05, 0.1) is 0 Å². The van der Waals surface area contributed by atoms with Crippen LogP contribution in [0.2, 0.25) is 0 Å². The van der Waals surface area contributed by atoms with E-state index in [-0.39, 0.29) is 17.9 Å². The standard InChI is InChI=1S/C17H24N2O3/c1-12(20)18-15-8-6-5-7-14(15)13-9-10-19(11-13)16(21)22-17(2,3)4/h5-8,13H,9-11H2,1-4H3,(H,18,20). The topological polar surface area (TPSA) is 58.6 Å². The SMILES string of the molecule is CC(=O)Nc1ccccc1C1CCN(C(=O)OC(C)(C)C)C1. The predicted molar refractivity (Wildman–Crippen MR) is 85.9 cm³/mol. The van der Waals surface area contributed by atoms with Gasteiger partial charge in [0.25, 0.3) is 0 Å². The summed E-state index contributed by atoms with van der Waals surface area (Å²) >= 11 is 0. The van der Waals surface area contributed by atoms with Crippen molar-refractivity contribution in [2.24, 2.45) is 0 Å². The Hall–Kier alpha value is -2.04. The van der Waals surface area contributed by atoms with Crippen molar-refractivity contribution in [3.8, 4) is 0 Å². The van der Waals surface area contributed by atoms with Gasteiger partial charge in [0.1, 0.15) is 5.60 Å². The number of anilines is 1. The highest BCUT2D eigenvalue weighted by atomic mass is 16.6. The molecule has 1 heterocycles. The van der Waals surface area contributed by atoms with E-state index in [1.54, 1.807) is 4.90 Å². The van der Waals surface area contributed by atoms with E-state index in [0.717, 1.165) is 17.7 Å². The zero-order valence-corrected chi connectivity index (χ0v) is 13.7. The summed E-state index contributed by atoms with van der Waals surface area (Å²) in [4.78, 5) is 25.2. The van der Waals surface area contributed by atoms with Gasteiger partial charge in [-0.25, -0.2) is 4.79 Å². The molecule has 1 aliphatic heterocycles. The Morgan fingerprint density at radius 1 is 1.27 bits per heavy atom. The summed E-state index contributed by atoms with van der Waals surface area (Å²) in [6, 6.07) is 7.76. The van der Waals surface area contributed by atoms with Crippen LogP contribution in [0.3, 0.4) is 0 Å². The summed E-state index contributed by atoms with van der Waals surface area (Å²) < 4.78 is 5.42. The van der Waals surface area contributed by atoms with E-state index in [0.29, 0.717) is 13.1 Å². The maximum Gasteiger partial charge on any atom is 0.410 e. The number of hydrogen-bond acceptors (Lipinski definition) is 3. The summed E-state index contributed by atoms with van der Waals surface area (Å²) in [6.45, 7) is 8.39. The third-order valence-corrected chi connectivity index (χ3v) is 3.55. The van der Waals surface area contributed by atoms with Crippen molar-refractivity contribution >= 4 is 17.7 Å². The van der Waals surface area contributed by atoms with Crippen molar-refractivity contribution in [3.63, 3.8) is 0 Å². The number of nitrogens with one attached hydrogen (secondary N) is 1. The Kier molecular flexibility index (Phi) is 4.74. The van der Waals surface area contributed by atoms with E-state index in [1.165, 1.54) is 6.92 Å². The third kappa shape index (κ3) is 4.23. The van der Waals surface area contributed by atoms with Crippen LogP contribution in [0.15, 0.2) is 24.3 Å². The van der Waals surface area contributed by atoms with Gasteiger partial charge in [-0.3, -0.25) is 4.79 Å². The number of carbonyl (C=O) groups is 2. The Balaban J connectivity index is 2.07. The molecule has 1 N–H and O–H groups in total. The lowest BCUT2D eigenvalue weighted by molar-refractivity contribution is -0.114. The summed E-state index contributed by atoms with van der Waals surface area (Å²) in [6.07, 6.45) is 0.600. The first kappa shape index (κ1) is 16.3. The normalized spacial score (nSPS) is 18.2. The fraction of sp³-hybridized carbons (Fsp3) is 0.529. The Morgan fingerprint density at radius 3 is 2.59 bits per heavy atom. The number of amides is 2. The van der Waals surface area contributed by atoms with Crippen LogP contribution in [0.5, 0.6) is 0 Å². The van der Waals surface area contributed by atoms with Crippen molar-refractivity contribution in [1.29, 1.82) is 0 Å². The Bertz CT molecular complexity index is 563. The second-order valence-electron chi connectivity index (χ2n) is 6.68. The van der Waals surface area contributed by atoms with Crippen molar-refractivity contribution in [3.05, 3.63) is 29.8 Å². The van der Waals surface area contributed by atoms with E-state index in [1.807, 2.05) is 45.0 Å². The number of carbonyl (C=O) groups excluding carboxylic acids is 2. The molecule has 5 heteroatoms. The molecule has 0 radical (unpaired) electrons. The molecule has 0 saturated carbocycles. The van der Waals surface area contributed by atoms with Gasteiger partial charge < -0.3 is 15.0 Å². The van der Waals surface area contributed by atoms with Crippen LogP contribution in [-0.4, -0.2) is 35.6 Å². The van der Waals surface area contributed by atoms with Gasteiger partial charge in [-0.1, -0.05) is 18.2 Å². The molecule has 1 aromatic rings. The average Bonchev–Trinajstić information content (AvgIpc) is 2.86. The number of nitrogens with zero attached hydrogens (tertiary/aromatic N) is 1. The van der Waals surface area contributed by atoms with E-state index in [9.17, 15) is 9.59 Å². The minimum Gasteiger partial charge on any atom is -0.444 e. The fourth-order valence-electron chi connectivity index (χ4n) is 2.66. The molecule has 120 valence electrons. The average molecular weight is 304 g/mol. The predicted octanol–water partition coefficient (Wildman–Crippen LogP) is 3.37. The van der Waals surface area contributed by atoms with Crippen LogP contribution in [0.4, 0.5) is 10.5 Å². The second kappa shape index (κ2) is 6.38. The molecule has 1 fully saturated rings. The highest BCUT2D eigenvalue weighted by Crippen LogP contribution is 2.32. The van der Waals surface area contributed by atoms with Crippen molar-refractivity contribution in [2.45, 2.75) is 45.6 Å². The Labute approximate surface area is 131 Å². The molecule has 0 bridgehead atoms. The number of ether oxygens (including phenoxy) is 1. The summed E-state index contributed by atoms with van der Waals surface area (Å²) in [5.74, 6) is 0.130. The first-order valence-corrected chi connectivity index (χ1v) is 7.61. The molecule has 1 unspecified atom stereocenters. The van der Waals surface area contributed by atoms with Crippen LogP contribution >= 0.6 is 0 Å². The summed E-state index contributed by atoms with van der Waals surface area (Å²) in [5, 5.41) is 2.86. The zero-order chi connectivity index (χ0) is 16.3.